The van der Waals surface area contributed by atoms with Crippen LogP contribution in [0.25, 0.3) is 0 Å². The lowest BCUT2D eigenvalue weighted by atomic mass is 10.0. The van der Waals surface area contributed by atoms with Crippen LogP contribution < -0.4 is 4.90 Å². The SMILES string of the molecule is Cc1cc(C(=O)N2CC3CN(c4ccc(Br)cn4)CC3C2)nn1C. The summed E-state index contributed by atoms with van der Waals surface area (Å²) in [6.45, 7) is 5.51. The van der Waals surface area contributed by atoms with E-state index in [0.717, 1.165) is 42.2 Å². The summed E-state index contributed by atoms with van der Waals surface area (Å²) in [6.07, 6.45) is 1.84. The molecule has 2 aromatic heterocycles. The number of hydrogen-bond donors (Lipinski definition) is 0. The predicted octanol–water partition coefficient (Wildman–Crippen LogP) is 2.09. The number of fused-ring (bicyclic) bond motifs is 1. The van der Waals surface area contributed by atoms with Crippen LogP contribution in [0, 0.1) is 18.8 Å². The zero-order valence-corrected chi connectivity index (χ0v) is 15.4. The third-order valence-corrected chi connectivity index (χ3v) is 5.61. The van der Waals surface area contributed by atoms with Crippen molar-refractivity contribution in [2.24, 2.45) is 18.9 Å². The number of amides is 1. The number of aromatic nitrogens is 3. The van der Waals surface area contributed by atoms with Crippen molar-refractivity contribution in [2.75, 3.05) is 31.1 Å². The molecule has 7 heteroatoms. The first-order valence-corrected chi connectivity index (χ1v) is 8.97. The molecule has 2 aliphatic rings. The Kier molecular flexibility index (Phi) is 3.83. The third-order valence-electron chi connectivity index (χ3n) is 5.14. The maximum absolute atomic E-state index is 12.7. The van der Waals surface area contributed by atoms with Gasteiger partial charge < -0.3 is 9.80 Å². The Balaban J connectivity index is 1.42. The predicted molar refractivity (Wildman–Crippen MR) is 95.0 cm³/mol. The topological polar surface area (TPSA) is 54.3 Å². The van der Waals surface area contributed by atoms with Crippen LogP contribution in [0.4, 0.5) is 5.82 Å². The van der Waals surface area contributed by atoms with E-state index in [-0.39, 0.29) is 5.91 Å². The van der Waals surface area contributed by atoms with Crippen molar-refractivity contribution in [3.05, 3.63) is 40.3 Å². The lowest BCUT2D eigenvalue weighted by Crippen LogP contribution is -2.33. The van der Waals surface area contributed by atoms with Crippen LogP contribution in [0.15, 0.2) is 28.9 Å². The van der Waals surface area contributed by atoms with Crippen LogP contribution in [0.3, 0.4) is 0 Å². The van der Waals surface area contributed by atoms with Gasteiger partial charge in [-0.3, -0.25) is 9.48 Å². The van der Waals surface area contributed by atoms with Gasteiger partial charge in [-0.25, -0.2) is 4.98 Å². The molecule has 2 atom stereocenters. The van der Waals surface area contributed by atoms with Crippen molar-refractivity contribution >= 4 is 27.7 Å². The van der Waals surface area contributed by atoms with Crippen LogP contribution in [0.1, 0.15) is 16.2 Å². The molecule has 4 heterocycles. The van der Waals surface area contributed by atoms with Gasteiger partial charge >= 0.3 is 0 Å². The first kappa shape index (κ1) is 15.6. The molecular formula is C17H20BrN5O. The normalized spacial score (nSPS) is 23.0. The summed E-state index contributed by atoms with van der Waals surface area (Å²) >= 11 is 3.42. The van der Waals surface area contributed by atoms with Gasteiger partial charge in [-0.05, 0) is 41.1 Å². The second-order valence-corrected chi connectivity index (χ2v) is 7.68. The van der Waals surface area contributed by atoms with Crippen LogP contribution in [0.2, 0.25) is 0 Å². The highest BCUT2D eigenvalue weighted by atomic mass is 79.9. The Hall–Kier alpha value is -1.89. The highest BCUT2D eigenvalue weighted by Crippen LogP contribution is 2.34. The molecule has 24 heavy (non-hydrogen) atoms. The summed E-state index contributed by atoms with van der Waals surface area (Å²) < 4.78 is 2.75. The second kappa shape index (κ2) is 5.88. The molecule has 2 aliphatic heterocycles. The summed E-state index contributed by atoms with van der Waals surface area (Å²) in [5.74, 6) is 2.11. The molecule has 126 valence electrons. The molecular weight excluding hydrogens is 370 g/mol. The molecule has 0 bridgehead atoms. The molecule has 2 aromatic rings. The molecule has 2 saturated heterocycles. The lowest BCUT2D eigenvalue weighted by Gasteiger charge is -2.22. The van der Waals surface area contributed by atoms with Crippen LogP contribution in [-0.2, 0) is 7.05 Å². The molecule has 0 aliphatic carbocycles. The largest absolute Gasteiger partial charge is 0.356 e. The molecule has 0 radical (unpaired) electrons. The maximum Gasteiger partial charge on any atom is 0.274 e. The fourth-order valence-electron chi connectivity index (χ4n) is 3.73. The van der Waals surface area contributed by atoms with Gasteiger partial charge in [-0.2, -0.15) is 5.10 Å². The van der Waals surface area contributed by atoms with Crippen molar-refractivity contribution in [3.63, 3.8) is 0 Å². The number of carbonyl (C=O) groups is 1. The molecule has 4 rings (SSSR count). The van der Waals surface area contributed by atoms with E-state index in [4.69, 9.17) is 0 Å². The summed E-state index contributed by atoms with van der Waals surface area (Å²) in [6, 6.07) is 5.94. The van der Waals surface area contributed by atoms with E-state index in [1.807, 2.05) is 43.3 Å². The number of anilines is 1. The highest BCUT2D eigenvalue weighted by Gasteiger charge is 2.42. The monoisotopic (exact) mass is 389 g/mol. The van der Waals surface area contributed by atoms with Crippen molar-refractivity contribution in [2.45, 2.75) is 6.92 Å². The van der Waals surface area contributed by atoms with Crippen LogP contribution in [0.5, 0.6) is 0 Å². The van der Waals surface area contributed by atoms with Crippen molar-refractivity contribution in [1.29, 1.82) is 0 Å². The molecule has 0 spiro atoms. The number of aryl methyl sites for hydroxylation is 2. The Morgan fingerprint density at radius 1 is 1.21 bits per heavy atom. The van der Waals surface area contributed by atoms with E-state index in [1.165, 1.54) is 0 Å². The Bertz CT molecular complexity index is 738. The highest BCUT2D eigenvalue weighted by molar-refractivity contribution is 9.10. The standard InChI is InChI=1S/C17H20BrN5O/c1-11-5-15(20-21(11)2)17(24)23-9-12-7-22(8-13(12)10-23)16-4-3-14(18)6-19-16/h3-6,12-13H,7-10H2,1-2H3. The number of hydrogen-bond acceptors (Lipinski definition) is 4. The molecule has 2 fully saturated rings. The average Bonchev–Trinajstić information content (AvgIpc) is 3.21. The van der Waals surface area contributed by atoms with E-state index in [2.05, 4.69) is 30.9 Å². The minimum Gasteiger partial charge on any atom is -0.356 e. The van der Waals surface area contributed by atoms with Gasteiger partial charge in [0.25, 0.3) is 5.91 Å². The Labute approximate surface area is 149 Å². The second-order valence-electron chi connectivity index (χ2n) is 6.76. The molecule has 2 unspecified atom stereocenters. The zero-order chi connectivity index (χ0) is 16.8. The quantitative estimate of drug-likeness (QED) is 0.788. The average molecular weight is 390 g/mol. The van der Waals surface area contributed by atoms with Gasteiger partial charge in [0.1, 0.15) is 5.82 Å². The molecule has 0 aromatic carbocycles. The smallest absolute Gasteiger partial charge is 0.274 e. The lowest BCUT2D eigenvalue weighted by molar-refractivity contribution is 0.0776. The van der Waals surface area contributed by atoms with E-state index in [0.29, 0.717) is 17.5 Å². The number of halogens is 1. The minimum atomic E-state index is 0.0569. The van der Waals surface area contributed by atoms with E-state index < -0.39 is 0 Å². The molecule has 6 nitrogen and oxygen atoms in total. The number of likely N-dealkylation sites (tertiary alicyclic amines) is 1. The number of rotatable bonds is 2. The molecule has 1 amide bonds. The summed E-state index contributed by atoms with van der Waals surface area (Å²) in [4.78, 5) is 21.4. The number of pyridine rings is 1. The van der Waals surface area contributed by atoms with Gasteiger partial charge in [-0.15, -0.1) is 0 Å². The minimum absolute atomic E-state index is 0.0569. The zero-order valence-electron chi connectivity index (χ0n) is 13.8. The molecule has 0 saturated carbocycles. The van der Waals surface area contributed by atoms with Gasteiger partial charge in [0.05, 0.1) is 0 Å². The fraction of sp³-hybridized carbons (Fsp3) is 0.471. The van der Waals surface area contributed by atoms with Crippen molar-refractivity contribution in [3.8, 4) is 0 Å². The van der Waals surface area contributed by atoms with Crippen molar-refractivity contribution in [1.82, 2.24) is 19.7 Å². The van der Waals surface area contributed by atoms with Gasteiger partial charge in [-0.1, -0.05) is 0 Å². The Morgan fingerprint density at radius 2 is 1.92 bits per heavy atom. The van der Waals surface area contributed by atoms with E-state index in [1.54, 1.807) is 4.68 Å². The summed E-state index contributed by atoms with van der Waals surface area (Å²) in [5.41, 5.74) is 1.56. The van der Waals surface area contributed by atoms with Gasteiger partial charge in [0.2, 0.25) is 0 Å². The number of carbonyl (C=O) groups excluding carboxylic acids is 1. The Morgan fingerprint density at radius 3 is 2.46 bits per heavy atom. The van der Waals surface area contributed by atoms with Gasteiger partial charge in [0.15, 0.2) is 5.69 Å². The first-order valence-electron chi connectivity index (χ1n) is 8.17. The number of nitrogens with zero attached hydrogens (tertiary/aromatic N) is 5. The van der Waals surface area contributed by atoms with Crippen molar-refractivity contribution < 1.29 is 4.79 Å². The van der Waals surface area contributed by atoms with Gasteiger partial charge in [0, 0.05) is 61.4 Å². The van der Waals surface area contributed by atoms with E-state index in [9.17, 15) is 4.79 Å². The van der Waals surface area contributed by atoms with Crippen LogP contribution >= 0.6 is 15.9 Å². The molecule has 0 N–H and O–H groups in total. The maximum atomic E-state index is 12.7. The first-order chi connectivity index (χ1) is 11.5. The summed E-state index contributed by atoms with van der Waals surface area (Å²) in [7, 11) is 1.87. The fourth-order valence-corrected chi connectivity index (χ4v) is 3.96. The summed E-state index contributed by atoms with van der Waals surface area (Å²) in [5, 5.41) is 4.32. The van der Waals surface area contributed by atoms with Crippen LogP contribution in [-0.4, -0.2) is 51.8 Å². The third kappa shape index (κ3) is 2.70. The van der Waals surface area contributed by atoms with E-state index >= 15 is 0 Å².